The Morgan fingerprint density at radius 2 is 1.75 bits per heavy atom. The lowest BCUT2D eigenvalue weighted by atomic mass is 10.2. The first-order valence-electron chi connectivity index (χ1n) is 7.48. The van der Waals surface area contributed by atoms with E-state index in [4.69, 9.17) is 9.15 Å². The molecule has 0 atom stereocenters. The van der Waals surface area contributed by atoms with Crippen LogP contribution in [0.1, 0.15) is 5.76 Å². The molecule has 0 saturated carbocycles. The Morgan fingerprint density at radius 1 is 1.00 bits per heavy atom. The number of anilines is 1. The fourth-order valence-electron chi connectivity index (χ4n) is 2.32. The molecule has 1 amide bonds. The third-order valence-corrected chi connectivity index (χ3v) is 3.44. The van der Waals surface area contributed by atoms with Crippen LogP contribution in [-0.4, -0.2) is 12.6 Å². The number of ether oxygens (including phenoxy) is 1. The average Bonchev–Trinajstić information content (AvgIpc) is 3.14. The van der Waals surface area contributed by atoms with E-state index in [9.17, 15) is 9.18 Å². The summed E-state index contributed by atoms with van der Waals surface area (Å²) in [4.78, 5) is 13.4. The fraction of sp³-hybridized carbons (Fsp3) is 0.105. The number of hydrogen-bond donors (Lipinski definition) is 0. The van der Waals surface area contributed by atoms with Gasteiger partial charge in [-0.3, -0.25) is 9.69 Å². The summed E-state index contributed by atoms with van der Waals surface area (Å²) in [6.07, 6.45) is 1.51. The van der Waals surface area contributed by atoms with E-state index in [1.807, 2.05) is 30.3 Å². The number of halogens is 1. The molecule has 0 saturated heterocycles. The third kappa shape index (κ3) is 3.63. The van der Waals surface area contributed by atoms with Gasteiger partial charge in [0.05, 0.1) is 18.5 Å². The van der Waals surface area contributed by atoms with Crippen molar-refractivity contribution in [2.75, 3.05) is 11.6 Å². The highest BCUT2D eigenvalue weighted by molar-refractivity contribution is 5.95. The molecule has 3 rings (SSSR count). The highest BCUT2D eigenvalue weighted by Gasteiger charge is 2.21. The van der Waals surface area contributed by atoms with E-state index in [1.165, 1.54) is 11.2 Å². The van der Waals surface area contributed by atoms with Gasteiger partial charge in [-0.05, 0) is 36.4 Å². The van der Waals surface area contributed by atoms with Crippen molar-refractivity contribution in [1.29, 1.82) is 0 Å². The minimum absolute atomic E-state index is 0.130. The first-order valence-corrected chi connectivity index (χ1v) is 7.48. The van der Waals surface area contributed by atoms with Crippen LogP contribution in [0.3, 0.4) is 0 Å². The number of carbonyl (C=O) groups is 1. The van der Waals surface area contributed by atoms with E-state index in [-0.39, 0.29) is 6.54 Å². The number of hydrogen-bond acceptors (Lipinski definition) is 3. The van der Waals surface area contributed by atoms with Crippen LogP contribution in [-0.2, 0) is 11.3 Å². The molecule has 0 fully saturated rings. The van der Waals surface area contributed by atoms with Crippen molar-refractivity contribution in [2.24, 2.45) is 0 Å². The summed E-state index contributed by atoms with van der Waals surface area (Å²) < 4.78 is 24.2. The molecule has 24 heavy (non-hydrogen) atoms. The van der Waals surface area contributed by atoms with Gasteiger partial charge in [0.25, 0.3) is 5.91 Å². The van der Waals surface area contributed by atoms with Crippen LogP contribution in [0.15, 0.2) is 77.4 Å². The maximum absolute atomic E-state index is 13.0. The molecule has 0 aliphatic rings. The van der Waals surface area contributed by atoms with Crippen LogP contribution in [0.25, 0.3) is 0 Å². The van der Waals surface area contributed by atoms with Crippen molar-refractivity contribution in [3.8, 4) is 11.5 Å². The van der Waals surface area contributed by atoms with E-state index >= 15 is 0 Å². The van der Waals surface area contributed by atoms with Gasteiger partial charge >= 0.3 is 0 Å². The largest absolute Gasteiger partial charge is 0.467 e. The molecule has 4 nitrogen and oxygen atoms in total. The number of rotatable bonds is 6. The van der Waals surface area contributed by atoms with E-state index in [2.05, 4.69) is 0 Å². The monoisotopic (exact) mass is 325 g/mol. The Bertz CT molecular complexity index is 787. The van der Waals surface area contributed by atoms with Gasteiger partial charge in [-0.25, -0.2) is 4.39 Å². The third-order valence-electron chi connectivity index (χ3n) is 3.44. The smallest absolute Gasteiger partial charge is 0.258 e. The number of benzene rings is 2. The zero-order valence-corrected chi connectivity index (χ0v) is 12.9. The number of alkyl halides is 1. The van der Waals surface area contributed by atoms with Crippen molar-refractivity contribution in [3.05, 3.63) is 78.8 Å². The topological polar surface area (TPSA) is 42.7 Å². The summed E-state index contributed by atoms with van der Waals surface area (Å²) in [5, 5.41) is 0. The van der Waals surface area contributed by atoms with Crippen LogP contribution in [0.4, 0.5) is 10.1 Å². The fourth-order valence-corrected chi connectivity index (χ4v) is 2.32. The van der Waals surface area contributed by atoms with Gasteiger partial charge in [0, 0.05) is 0 Å². The van der Waals surface area contributed by atoms with Crippen LogP contribution < -0.4 is 9.64 Å². The molecular weight excluding hydrogens is 309 g/mol. The summed E-state index contributed by atoms with van der Waals surface area (Å²) >= 11 is 0. The van der Waals surface area contributed by atoms with Gasteiger partial charge in [0.1, 0.15) is 11.5 Å². The average molecular weight is 325 g/mol. The summed E-state index contributed by atoms with van der Waals surface area (Å²) in [5.74, 6) is 1.01. The number of furan rings is 1. The number of para-hydroxylation sites is 3. The Morgan fingerprint density at radius 3 is 2.46 bits per heavy atom. The first-order chi connectivity index (χ1) is 11.8. The van der Waals surface area contributed by atoms with Crippen molar-refractivity contribution in [3.63, 3.8) is 0 Å². The summed E-state index contributed by atoms with van der Waals surface area (Å²) in [6.45, 7) is -0.967. The highest BCUT2D eigenvalue weighted by Crippen LogP contribution is 2.33. The molecule has 2 aromatic carbocycles. The van der Waals surface area contributed by atoms with E-state index in [1.54, 1.807) is 36.4 Å². The van der Waals surface area contributed by atoms with E-state index in [0.29, 0.717) is 22.9 Å². The highest BCUT2D eigenvalue weighted by atomic mass is 19.1. The molecule has 1 aromatic heterocycles. The molecule has 0 unspecified atom stereocenters. The van der Waals surface area contributed by atoms with Gasteiger partial charge in [-0.1, -0.05) is 30.3 Å². The summed E-state index contributed by atoms with van der Waals surface area (Å²) in [6, 6.07) is 19.7. The van der Waals surface area contributed by atoms with Gasteiger partial charge in [-0.2, -0.15) is 0 Å². The Labute approximate surface area is 139 Å². The Balaban J connectivity index is 1.93. The van der Waals surface area contributed by atoms with Crippen molar-refractivity contribution in [2.45, 2.75) is 6.54 Å². The molecule has 0 spiro atoms. The van der Waals surface area contributed by atoms with E-state index < -0.39 is 12.6 Å². The maximum Gasteiger partial charge on any atom is 0.258 e. The zero-order valence-electron chi connectivity index (χ0n) is 12.9. The van der Waals surface area contributed by atoms with Crippen LogP contribution in [0.5, 0.6) is 11.5 Å². The quantitative estimate of drug-likeness (QED) is 0.666. The second kappa shape index (κ2) is 7.46. The van der Waals surface area contributed by atoms with Crippen molar-refractivity contribution < 1.29 is 18.3 Å². The molecule has 0 radical (unpaired) electrons. The lowest BCUT2D eigenvalue weighted by Gasteiger charge is -2.23. The molecule has 0 aliphatic heterocycles. The van der Waals surface area contributed by atoms with Crippen LogP contribution in [0.2, 0.25) is 0 Å². The molecule has 1 heterocycles. The second-order valence-corrected chi connectivity index (χ2v) is 5.08. The standard InChI is InChI=1S/C19H16FNO3/c20-13-19(22)21(14-16-9-6-12-23-16)17-10-4-5-11-18(17)24-15-7-2-1-3-8-15/h1-12H,13-14H2. The van der Waals surface area contributed by atoms with Crippen molar-refractivity contribution in [1.82, 2.24) is 0 Å². The summed E-state index contributed by atoms with van der Waals surface area (Å²) in [7, 11) is 0. The zero-order chi connectivity index (χ0) is 16.8. The SMILES string of the molecule is O=C(CF)N(Cc1ccco1)c1ccccc1Oc1ccccc1. The van der Waals surface area contributed by atoms with Crippen LogP contribution >= 0.6 is 0 Å². The van der Waals surface area contributed by atoms with Crippen LogP contribution in [0, 0.1) is 0 Å². The van der Waals surface area contributed by atoms with Gasteiger partial charge in [-0.15, -0.1) is 0 Å². The van der Waals surface area contributed by atoms with Gasteiger partial charge < -0.3 is 9.15 Å². The molecule has 0 N–H and O–H groups in total. The lowest BCUT2D eigenvalue weighted by Crippen LogP contribution is -2.31. The molecule has 5 heteroatoms. The minimum atomic E-state index is -1.10. The number of nitrogens with zero attached hydrogens (tertiary/aromatic N) is 1. The second-order valence-electron chi connectivity index (χ2n) is 5.08. The molecule has 122 valence electrons. The predicted molar refractivity (Wildman–Crippen MR) is 88.8 cm³/mol. The number of amides is 1. The molecule has 0 aliphatic carbocycles. The normalized spacial score (nSPS) is 10.4. The maximum atomic E-state index is 13.0. The Hall–Kier alpha value is -3.08. The van der Waals surface area contributed by atoms with E-state index in [0.717, 1.165) is 0 Å². The number of carbonyl (C=O) groups excluding carboxylic acids is 1. The van der Waals surface area contributed by atoms with Gasteiger partial charge in [0.2, 0.25) is 0 Å². The first kappa shape index (κ1) is 15.8. The Kier molecular flexibility index (Phi) is 4.91. The van der Waals surface area contributed by atoms with Crippen molar-refractivity contribution >= 4 is 11.6 Å². The predicted octanol–water partition coefficient (Wildman–Crippen LogP) is 4.57. The summed E-state index contributed by atoms with van der Waals surface area (Å²) in [5.41, 5.74) is 0.486. The minimum Gasteiger partial charge on any atom is -0.467 e. The van der Waals surface area contributed by atoms with Gasteiger partial charge in [0.15, 0.2) is 12.4 Å². The molecule has 3 aromatic rings. The molecular formula is C19H16FNO3. The molecule has 0 bridgehead atoms. The lowest BCUT2D eigenvalue weighted by molar-refractivity contribution is -0.119.